The largest absolute Gasteiger partial charge is 0.338 e. The van der Waals surface area contributed by atoms with Crippen LogP contribution in [0.15, 0.2) is 0 Å². The summed E-state index contributed by atoms with van der Waals surface area (Å²) in [5, 5.41) is 9.53. The zero-order valence-electron chi connectivity index (χ0n) is 6.20. The second-order valence-corrected chi connectivity index (χ2v) is 3.73. The lowest BCUT2D eigenvalue weighted by molar-refractivity contribution is 0.227. The van der Waals surface area contributed by atoms with Crippen LogP contribution in [0, 0.1) is 0 Å². The maximum Gasteiger partial charge on any atom is 0.316 e. The fourth-order valence-corrected chi connectivity index (χ4v) is 1.47. The van der Waals surface area contributed by atoms with Crippen molar-refractivity contribution in [1.82, 2.24) is 15.4 Å². The highest BCUT2D eigenvalue weighted by Crippen LogP contribution is 1.92. The summed E-state index contributed by atoms with van der Waals surface area (Å²) in [5.41, 5.74) is 0. The number of nitrogens with one attached hydrogen (secondary N) is 3. The first kappa shape index (κ1) is 9.23. The van der Waals surface area contributed by atoms with Gasteiger partial charge >= 0.3 is 6.03 Å². The molecule has 1 aliphatic rings. The van der Waals surface area contributed by atoms with Crippen molar-refractivity contribution in [3.05, 3.63) is 0 Å². The lowest BCUT2D eigenvalue weighted by Crippen LogP contribution is -2.57. The van der Waals surface area contributed by atoms with Crippen LogP contribution in [0.3, 0.4) is 0 Å². The maximum absolute atomic E-state index is 10.7. The van der Waals surface area contributed by atoms with E-state index < -0.39 is 22.4 Å². The molecule has 5 N–H and O–H groups in total. The molecule has 1 atom stereocenters. The van der Waals surface area contributed by atoms with Crippen molar-refractivity contribution in [1.29, 1.82) is 0 Å². The van der Waals surface area contributed by atoms with Crippen LogP contribution in [0.5, 0.6) is 0 Å². The SMILES string of the molecule is NS(=O)(=O)NC1CCNC(=O)N1. The number of hydrogen-bond donors (Lipinski definition) is 4. The smallest absolute Gasteiger partial charge is 0.316 e. The first-order chi connectivity index (χ1) is 5.47. The van der Waals surface area contributed by atoms with Crippen LogP contribution in [0.2, 0.25) is 0 Å². The van der Waals surface area contributed by atoms with Crippen molar-refractivity contribution in [2.75, 3.05) is 6.54 Å². The predicted octanol–water partition coefficient (Wildman–Crippen LogP) is -2.19. The standard InChI is InChI=1S/C4H10N4O3S/c5-12(10,11)8-3-1-2-6-4(9)7-3/h3,8H,1-2H2,(H2,5,10,11)(H2,6,7,9). The van der Waals surface area contributed by atoms with Gasteiger partial charge in [0.05, 0.1) is 6.17 Å². The Morgan fingerprint density at radius 1 is 1.58 bits per heavy atom. The van der Waals surface area contributed by atoms with Crippen molar-refractivity contribution in [3.63, 3.8) is 0 Å². The maximum atomic E-state index is 10.7. The lowest BCUT2D eigenvalue weighted by Gasteiger charge is -2.23. The van der Waals surface area contributed by atoms with Crippen LogP contribution in [0.1, 0.15) is 6.42 Å². The number of amides is 2. The number of carbonyl (C=O) groups is 1. The third kappa shape index (κ3) is 3.03. The monoisotopic (exact) mass is 194 g/mol. The van der Waals surface area contributed by atoms with E-state index in [0.29, 0.717) is 13.0 Å². The van der Waals surface area contributed by atoms with E-state index in [1.54, 1.807) is 0 Å². The van der Waals surface area contributed by atoms with E-state index in [4.69, 9.17) is 5.14 Å². The van der Waals surface area contributed by atoms with Crippen molar-refractivity contribution in [3.8, 4) is 0 Å². The Morgan fingerprint density at radius 3 is 2.75 bits per heavy atom. The number of carbonyl (C=O) groups excluding carboxylic acids is 1. The van der Waals surface area contributed by atoms with Crippen LogP contribution in [0.4, 0.5) is 4.79 Å². The van der Waals surface area contributed by atoms with Crippen molar-refractivity contribution in [2.45, 2.75) is 12.6 Å². The zero-order valence-corrected chi connectivity index (χ0v) is 7.02. The van der Waals surface area contributed by atoms with Gasteiger partial charge in [-0.2, -0.15) is 13.1 Å². The lowest BCUT2D eigenvalue weighted by atomic mass is 10.3. The molecule has 0 spiro atoms. The topological polar surface area (TPSA) is 113 Å². The Balaban J connectivity index is 2.48. The van der Waals surface area contributed by atoms with Gasteiger partial charge in [-0.05, 0) is 6.42 Å². The number of hydrogen-bond acceptors (Lipinski definition) is 3. The summed E-state index contributed by atoms with van der Waals surface area (Å²) < 4.78 is 23.1. The van der Waals surface area contributed by atoms with Crippen LogP contribution in [-0.2, 0) is 10.2 Å². The highest BCUT2D eigenvalue weighted by atomic mass is 32.2. The van der Waals surface area contributed by atoms with Gasteiger partial charge in [-0.3, -0.25) is 0 Å². The minimum absolute atomic E-state index is 0.401. The average molecular weight is 194 g/mol. The Morgan fingerprint density at radius 2 is 2.25 bits per heavy atom. The van der Waals surface area contributed by atoms with Gasteiger partial charge in [0.25, 0.3) is 10.2 Å². The molecule has 0 saturated carbocycles. The summed E-state index contributed by atoms with van der Waals surface area (Å²) in [7, 11) is -3.74. The first-order valence-electron chi connectivity index (χ1n) is 3.32. The van der Waals surface area contributed by atoms with Crippen LogP contribution in [-0.4, -0.2) is 27.2 Å². The molecule has 0 aromatic heterocycles. The Bertz CT molecular complexity index is 274. The highest BCUT2D eigenvalue weighted by Gasteiger charge is 2.19. The van der Waals surface area contributed by atoms with E-state index in [2.05, 4.69) is 15.4 Å². The molecule has 70 valence electrons. The van der Waals surface area contributed by atoms with E-state index in [1.807, 2.05) is 0 Å². The fraction of sp³-hybridized carbons (Fsp3) is 0.750. The minimum atomic E-state index is -3.74. The van der Waals surface area contributed by atoms with Gasteiger partial charge in [-0.1, -0.05) is 0 Å². The Hall–Kier alpha value is -0.860. The molecule has 0 aromatic rings. The van der Waals surface area contributed by atoms with Gasteiger partial charge in [0.2, 0.25) is 0 Å². The zero-order chi connectivity index (χ0) is 9.19. The van der Waals surface area contributed by atoms with E-state index in [9.17, 15) is 13.2 Å². The molecule has 0 aliphatic carbocycles. The summed E-state index contributed by atoms with van der Waals surface area (Å²) in [6.45, 7) is 0.430. The molecule has 12 heavy (non-hydrogen) atoms. The summed E-state index contributed by atoms with van der Waals surface area (Å²) in [6.07, 6.45) is -0.129. The third-order valence-corrected chi connectivity index (χ3v) is 1.94. The number of rotatable bonds is 2. The Labute approximate surface area is 69.9 Å². The van der Waals surface area contributed by atoms with Gasteiger partial charge in [-0.25, -0.2) is 9.93 Å². The molecule has 1 saturated heterocycles. The van der Waals surface area contributed by atoms with Gasteiger partial charge < -0.3 is 10.6 Å². The highest BCUT2D eigenvalue weighted by molar-refractivity contribution is 7.87. The van der Waals surface area contributed by atoms with Gasteiger partial charge in [-0.15, -0.1) is 0 Å². The van der Waals surface area contributed by atoms with Crippen molar-refractivity contribution < 1.29 is 13.2 Å². The molecular weight excluding hydrogens is 184 g/mol. The molecule has 7 nitrogen and oxygen atoms in total. The second kappa shape index (κ2) is 3.25. The van der Waals surface area contributed by atoms with E-state index in [-0.39, 0.29) is 0 Å². The van der Waals surface area contributed by atoms with E-state index in [0.717, 1.165) is 0 Å². The summed E-state index contributed by atoms with van der Waals surface area (Å²) in [4.78, 5) is 10.7. The van der Waals surface area contributed by atoms with Crippen molar-refractivity contribution in [2.24, 2.45) is 5.14 Å². The summed E-state index contributed by atoms with van der Waals surface area (Å²) in [6, 6.07) is -0.401. The molecule has 8 heteroatoms. The molecule has 0 aromatic carbocycles. The van der Waals surface area contributed by atoms with E-state index in [1.165, 1.54) is 0 Å². The molecule has 1 aliphatic heterocycles. The molecule has 1 unspecified atom stereocenters. The van der Waals surface area contributed by atoms with Gasteiger partial charge in [0.15, 0.2) is 0 Å². The van der Waals surface area contributed by atoms with Crippen LogP contribution < -0.4 is 20.5 Å². The number of urea groups is 1. The average Bonchev–Trinajstić information content (AvgIpc) is 1.82. The quantitative estimate of drug-likeness (QED) is 0.400. The van der Waals surface area contributed by atoms with Crippen LogP contribution in [0.25, 0.3) is 0 Å². The van der Waals surface area contributed by atoms with E-state index >= 15 is 0 Å². The molecule has 2 amide bonds. The van der Waals surface area contributed by atoms with Gasteiger partial charge in [0.1, 0.15) is 0 Å². The van der Waals surface area contributed by atoms with Crippen LogP contribution >= 0.6 is 0 Å². The third-order valence-electron chi connectivity index (χ3n) is 1.33. The van der Waals surface area contributed by atoms with Gasteiger partial charge in [0, 0.05) is 6.54 Å². The number of nitrogens with two attached hydrogens (primary N) is 1. The van der Waals surface area contributed by atoms with Crippen molar-refractivity contribution >= 4 is 16.2 Å². The second-order valence-electron chi connectivity index (χ2n) is 2.40. The normalized spacial score (nSPS) is 24.4. The molecule has 1 fully saturated rings. The Kier molecular flexibility index (Phi) is 2.50. The molecule has 0 radical (unpaired) electrons. The molecule has 1 rings (SSSR count). The predicted molar refractivity (Wildman–Crippen MR) is 41.2 cm³/mol. The first-order valence-corrected chi connectivity index (χ1v) is 4.86. The molecule has 0 bridgehead atoms. The summed E-state index contributed by atoms with van der Waals surface area (Å²) in [5.74, 6) is 0. The molecule has 1 heterocycles. The molecular formula is C4H10N4O3S. The summed E-state index contributed by atoms with van der Waals surface area (Å²) >= 11 is 0. The minimum Gasteiger partial charge on any atom is -0.338 e. The fourth-order valence-electron chi connectivity index (χ4n) is 0.898.